The predicted octanol–water partition coefficient (Wildman–Crippen LogP) is 6.56. The summed E-state index contributed by atoms with van der Waals surface area (Å²) in [7, 11) is 1.74. The molecule has 4 aromatic carbocycles. The van der Waals surface area contributed by atoms with Gasteiger partial charge in [-0.3, -0.25) is 0 Å². The van der Waals surface area contributed by atoms with Gasteiger partial charge in [0.05, 0.1) is 6.10 Å². The number of aliphatic hydroxyl groups excluding tert-OH is 1. The van der Waals surface area contributed by atoms with Crippen molar-refractivity contribution in [2.45, 2.75) is 37.4 Å². The van der Waals surface area contributed by atoms with Crippen molar-refractivity contribution < 1.29 is 14.6 Å². The molecule has 0 saturated carbocycles. The lowest BCUT2D eigenvalue weighted by Crippen LogP contribution is -2.32. The number of ether oxygens (including phenoxy) is 2. The molecule has 0 fully saturated rings. The van der Waals surface area contributed by atoms with Gasteiger partial charge in [0.2, 0.25) is 0 Å². The van der Waals surface area contributed by atoms with E-state index in [0.717, 1.165) is 37.1 Å². The minimum absolute atomic E-state index is 0.0745. The number of rotatable bonds is 15. The summed E-state index contributed by atoms with van der Waals surface area (Å²) in [5, 5.41) is 14.1. The van der Waals surface area contributed by atoms with Crippen molar-refractivity contribution in [3.63, 3.8) is 0 Å². The molecule has 4 aromatic rings. The highest BCUT2D eigenvalue weighted by Gasteiger charge is 2.17. The van der Waals surface area contributed by atoms with E-state index in [2.05, 4.69) is 90.2 Å². The summed E-state index contributed by atoms with van der Waals surface area (Å²) < 4.78 is 11.9. The molecule has 0 aliphatic carbocycles. The van der Waals surface area contributed by atoms with Crippen molar-refractivity contribution in [2.75, 3.05) is 26.8 Å². The average molecular weight is 510 g/mol. The normalized spacial score (nSPS) is 12.8. The standard InChI is InChI=1S/C34H39NO3/c1-37-33(22-21-27-13-5-2-6-14-27)32-19-11-12-20-34(32)38-26-30(36)25-35-24-23-31(28-15-7-3-8-16-28)29-17-9-4-10-18-29/h2-20,30-31,33,35-36H,21-26H2,1H3/t30-,33-/m1/s1. The van der Waals surface area contributed by atoms with Crippen LogP contribution in [0.1, 0.15) is 47.1 Å². The quantitative estimate of drug-likeness (QED) is 0.178. The highest BCUT2D eigenvalue weighted by Crippen LogP contribution is 2.31. The minimum Gasteiger partial charge on any atom is -0.490 e. The molecule has 0 saturated heterocycles. The molecule has 2 N–H and O–H groups in total. The second-order valence-corrected chi connectivity index (χ2v) is 9.62. The van der Waals surface area contributed by atoms with E-state index in [1.54, 1.807) is 7.11 Å². The number of nitrogens with one attached hydrogen (secondary N) is 1. The summed E-state index contributed by atoms with van der Waals surface area (Å²) in [6.07, 6.45) is 2.04. The molecule has 0 aliphatic heterocycles. The molecule has 0 aromatic heterocycles. The van der Waals surface area contributed by atoms with Crippen LogP contribution in [0.2, 0.25) is 0 Å². The predicted molar refractivity (Wildman–Crippen MR) is 155 cm³/mol. The van der Waals surface area contributed by atoms with E-state index in [4.69, 9.17) is 9.47 Å². The molecule has 0 unspecified atom stereocenters. The van der Waals surface area contributed by atoms with E-state index in [1.165, 1.54) is 16.7 Å². The third-order valence-corrected chi connectivity index (χ3v) is 6.91. The summed E-state index contributed by atoms with van der Waals surface area (Å²) in [5.41, 5.74) is 4.91. The van der Waals surface area contributed by atoms with Crippen LogP contribution in [0.4, 0.5) is 0 Å². The zero-order valence-electron chi connectivity index (χ0n) is 22.2. The zero-order chi connectivity index (χ0) is 26.4. The molecule has 0 spiro atoms. The molecule has 4 nitrogen and oxygen atoms in total. The summed E-state index contributed by atoms with van der Waals surface area (Å²) in [6.45, 7) is 1.49. The summed E-state index contributed by atoms with van der Waals surface area (Å²) in [5.74, 6) is 1.08. The molecule has 2 atom stereocenters. The second-order valence-electron chi connectivity index (χ2n) is 9.62. The molecule has 38 heavy (non-hydrogen) atoms. The third-order valence-electron chi connectivity index (χ3n) is 6.91. The number of methoxy groups -OCH3 is 1. The molecular formula is C34H39NO3. The van der Waals surface area contributed by atoms with Gasteiger partial charge in [-0.1, -0.05) is 109 Å². The van der Waals surface area contributed by atoms with Gasteiger partial charge in [0.25, 0.3) is 0 Å². The topological polar surface area (TPSA) is 50.7 Å². The fourth-order valence-corrected chi connectivity index (χ4v) is 4.88. The monoisotopic (exact) mass is 509 g/mol. The fourth-order valence-electron chi connectivity index (χ4n) is 4.88. The Morgan fingerprint density at radius 2 is 1.29 bits per heavy atom. The lowest BCUT2D eigenvalue weighted by atomic mass is 9.88. The smallest absolute Gasteiger partial charge is 0.125 e. The maximum Gasteiger partial charge on any atom is 0.125 e. The molecule has 0 amide bonds. The summed E-state index contributed by atoms with van der Waals surface area (Å²) >= 11 is 0. The van der Waals surface area contributed by atoms with Crippen LogP contribution in [-0.4, -0.2) is 38.0 Å². The van der Waals surface area contributed by atoms with Gasteiger partial charge in [-0.25, -0.2) is 0 Å². The van der Waals surface area contributed by atoms with Crippen LogP contribution in [0, 0.1) is 0 Å². The Labute approximate surface area is 227 Å². The Morgan fingerprint density at radius 1 is 0.711 bits per heavy atom. The lowest BCUT2D eigenvalue weighted by Gasteiger charge is -2.21. The number of para-hydroxylation sites is 1. The van der Waals surface area contributed by atoms with Crippen molar-refractivity contribution >= 4 is 0 Å². The number of hydrogen-bond donors (Lipinski definition) is 2. The van der Waals surface area contributed by atoms with Crippen LogP contribution < -0.4 is 10.1 Å². The first-order valence-corrected chi connectivity index (χ1v) is 13.5. The van der Waals surface area contributed by atoms with Gasteiger partial charge in [-0.15, -0.1) is 0 Å². The van der Waals surface area contributed by atoms with E-state index in [9.17, 15) is 5.11 Å². The number of hydrogen-bond acceptors (Lipinski definition) is 4. The van der Waals surface area contributed by atoms with Gasteiger partial charge in [0.15, 0.2) is 0 Å². The SMILES string of the molecule is CO[C@H](CCc1ccccc1)c1ccccc1OC[C@H](O)CNCCC(c1ccccc1)c1ccccc1. The van der Waals surface area contributed by atoms with Crippen LogP contribution in [0.25, 0.3) is 0 Å². The Hall–Kier alpha value is -3.44. The molecule has 0 heterocycles. The van der Waals surface area contributed by atoms with Crippen LogP contribution >= 0.6 is 0 Å². The fraction of sp³-hybridized carbons (Fsp3) is 0.294. The van der Waals surface area contributed by atoms with Gasteiger partial charge in [-0.05, 0) is 48.6 Å². The largest absolute Gasteiger partial charge is 0.490 e. The summed E-state index contributed by atoms with van der Waals surface area (Å²) in [4.78, 5) is 0. The average Bonchev–Trinajstić information content (AvgIpc) is 2.98. The number of aryl methyl sites for hydroxylation is 1. The van der Waals surface area contributed by atoms with Crippen molar-refractivity contribution in [2.24, 2.45) is 0 Å². The second kappa shape index (κ2) is 15.1. The third kappa shape index (κ3) is 8.29. The molecule has 4 heteroatoms. The van der Waals surface area contributed by atoms with Crippen LogP contribution in [0.3, 0.4) is 0 Å². The highest BCUT2D eigenvalue weighted by molar-refractivity contribution is 5.36. The van der Waals surface area contributed by atoms with E-state index in [1.807, 2.05) is 30.3 Å². The summed E-state index contributed by atoms with van der Waals surface area (Å²) in [6, 6.07) is 39.6. The first kappa shape index (κ1) is 27.6. The number of aliphatic hydroxyl groups is 1. The van der Waals surface area contributed by atoms with Crippen molar-refractivity contribution in [3.8, 4) is 5.75 Å². The van der Waals surface area contributed by atoms with Crippen molar-refractivity contribution in [1.82, 2.24) is 5.32 Å². The molecule has 198 valence electrons. The van der Waals surface area contributed by atoms with E-state index < -0.39 is 6.10 Å². The molecule has 0 radical (unpaired) electrons. The highest BCUT2D eigenvalue weighted by atomic mass is 16.5. The Balaban J connectivity index is 1.26. The van der Waals surface area contributed by atoms with Gasteiger partial charge >= 0.3 is 0 Å². The van der Waals surface area contributed by atoms with Crippen LogP contribution in [0.15, 0.2) is 115 Å². The number of benzene rings is 4. The van der Waals surface area contributed by atoms with Gasteiger partial charge in [-0.2, -0.15) is 0 Å². The molecule has 4 rings (SSSR count). The van der Waals surface area contributed by atoms with Gasteiger partial charge < -0.3 is 19.9 Å². The maximum absolute atomic E-state index is 10.6. The Morgan fingerprint density at radius 3 is 1.92 bits per heavy atom. The van der Waals surface area contributed by atoms with Crippen molar-refractivity contribution in [3.05, 3.63) is 138 Å². The first-order chi connectivity index (χ1) is 18.7. The maximum atomic E-state index is 10.6. The van der Waals surface area contributed by atoms with Gasteiger partial charge in [0.1, 0.15) is 18.5 Å². The Kier molecular flexibility index (Phi) is 11.0. The molecule has 0 aliphatic rings. The van der Waals surface area contributed by atoms with E-state index >= 15 is 0 Å². The zero-order valence-corrected chi connectivity index (χ0v) is 22.2. The van der Waals surface area contributed by atoms with E-state index in [-0.39, 0.29) is 12.7 Å². The minimum atomic E-state index is -0.611. The molecule has 0 bridgehead atoms. The molecular weight excluding hydrogens is 470 g/mol. The van der Waals surface area contributed by atoms with Crippen LogP contribution in [-0.2, 0) is 11.2 Å². The Bertz CT molecular complexity index is 1140. The van der Waals surface area contributed by atoms with E-state index in [0.29, 0.717) is 12.5 Å². The van der Waals surface area contributed by atoms with Crippen molar-refractivity contribution in [1.29, 1.82) is 0 Å². The van der Waals surface area contributed by atoms with Gasteiger partial charge in [0, 0.05) is 25.1 Å². The van der Waals surface area contributed by atoms with Crippen LogP contribution in [0.5, 0.6) is 5.75 Å². The first-order valence-electron chi connectivity index (χ1n) is 13.5. The lowest BCUT2D eigenvalue weighted by molar-refractivity contribution is 0.0839.